The van der Waals surface area contributed by atoms with Gasteiger partial charge in [0.25, 0.3) is 0 Å². The van der Waals surface area contributed by atoms with E-state index < -0.39 is 29.3 Å². The van der Waals surface area contributed by atoms with E-state index in [-0.39, 0.29) is 30.2 Å². The minimum Gasteiger partial charge on any atom is -0.462 e. The highest BCUT2D eigenvalue weighted by Gasteiger charge is 2.38. The van der Waals surface area contributed by atoms with Crippen LogP contribution in [0.5, 0.6) is 0 Å². The Labute approximate surface area is 219 Å². The maximum absolute atomic E-state index is 13.3. The van der Waals surface area contributed by atoms with Gasteiger partial charge in [0.05, 0.1) is 35.1 Å². The fourth-order valence-corrected chi connectivity index (χ4v) is 4.33. The zero-order valence-electron chi connectivity index (χ0n) is 19.1. The number of alkyl halides is 3. The first-order valence-corrected chi connectivity index (χ1v) is 12.6. The number of halogens is 5. The third-order valence-corrected chi connectivity index (χ3v) is 6.60. The van der Waals surface area contributed by atoms with E-state index in [0.29, 0.717) is 36.3 Å². The number of amides is 1. The Balaban J connectivity index is 1.50. The first kappa shape index (κ1) is 28.5. The standard InChI is InChI=1S/C22H23Cl2F3N4O4S/c1-2-34-20(33)15-9-29-21(30-19(15)22(25,26)27)36-12-18(32)28-8-14-11-31(5-6-35-14)10-13-3-4-16(23)17(24)7-13/h3-4,7,9,14H,2,5-6,8,10-12H2,1H3,(H,28,32). The number of benzene rings is 1. The van der Waals surface area contributed by atoms with E-state index >= 15 is 0 Å². The van der Waals surface area contributed by atoms with Crippen molar-refractivity contribution >= 4 is 46.8 Å². The summed E-state index contributed by atoms with van der Waals surface area (Å²) in [6, 6.07) is 5.43. The Bertz CT molecular complexity index is 1090. The molecule has 1 aromatic carbocycles. The lowest BCUT2D eigenvalue weighted by atomic mass is 10.2. The molecule has 1 aromatic heterocycles. The number of nitrogens with zero attached hydrogens (tertiary/aromatic N) is 3. The molecule has 36 heavy (non-hydrogen) atoms. The fourth-order valence-electron chi connectivity index (χ4n) is 3.36. The molecule has 0 aliphatic carbocycles. The van der Waals surface area contributed by atoms with Crippen LogP contribution in [0.2, 0.25) is 10.0 Å². The van der Waals surface area contributed by atoms with E-state index in [1.54, 1.807) is 12.1 Å². The van der Waals surface area contributed by atoms with Gasteiger partial charge in [0.1, 0.15) is 5.56 Å². The summed E-state index contributed by atoms with van der Waals surface area (Å²) in [6.45, 7) is 4.01. The highest BCUT2D eigenvalue weighted by molar-refractivity contribution is 7.99. The van der Waals surface area contributed by atoms with Crippen molar-refractivity contribution in [3.05, 3.63) is 51.3 Å². The van der Waals surface area contributed by atoms with Crippen LogP contribution in [0.15, 0.2) is 29.6 Å². The van der Waals surface area contributed by atoms with Gasteiger partial charge in [-0.25, -0.2) is 14.8 Å². The van der Waals surface area contributed by atoms with Gasteiger partial charge in [-0.3, -0.25) is 9.69 Å². The van der Waals surface area contributed by atoms with Crippen LogP contribution < -0.4 is 5.32 Å². The molecule has 3 rings (SSSR count). The molecule has 2 aromatic rings. The first-order chi connectivity index (χ1) is 17.1. The molecule has 1 aliphatic heterocycles. The maximum atomic E-state index is 13.3. The lowest BCUT2D eigenvalue weighted by molar-refractivity contribution is -0.142. The average Bonchev–Trinajstić information content (AvgIpc) is 2.83. The molecule has 1 fully saturated rings. The lowest BCUT2D eigenvalue weighted by Gasteiger charge is -2.33. The molecule has 1 aliphatic rings. The zero-order chi connectivity index (χ0) is 26.3. The SMILES string of the molecule is CCOC(=O)c1cnc(SCC(=O)NCC2CN(Cc3ccc(Cl)c(Cl)c3)CCO2)nc1C(F)(F)F. The third-order valence-electron chi connectivity index (χ3n) is 5.00. The van der Waals surface area contributed by atoms with Crippen molar-refractivity contribution in [3.63, 3.8) is 0 Å². The van der Waals surface area contributed by atoms with Crippen LogP contribution in [0.4, 0.5) is 13.2 Å². The van der Waals surface area contributed by atoms with Crippen molar-refractivity contribution < 1.29 is 32.2 Å². The Morgan fingerprint density at radius 1 is 1.31 bits per heavy atom. The second-order valence-corrected chi connectivity index (χ2v) is 9.46. The number of aromatic nitrogens is 2. The number of carbonyl (C=O) groups is 2. The Kier molecular flexibility index (Phi) is 10.2. The van der Waals surface area contributed by atoms with Crippen LogP contribution in [0.1, 0.15) is 28.5 Å². The number of esters is 1. The average molecular weight is 567 g/mol. The summed E-state index contributed by atoms with van der Waals surface area (Å²) in [5, 5.41) is 3.39. The van der Waals surface area contributed by atoms with E-state index in [2.05, 4.69) is 24.9 Å². The molecule has 14 heteroatoms. The number of rotatable bonds is 9. The van der Waals surface area contributed by atoms with Crippen LogP contribution in [0.25, 0.3) is 0 Å². The molecule has 8 nitrogen and oxygen atoms in total. The van der Waals surface area contributed by atoms with Gasteiger partial charge in [-0.1, -0.05) is 41.0 Å². The number of morpholine rings is 1. The van der Waals surface area contributed by atoms with Crippen LogP contribution in [0, 0.1) is 0 Å². The smallest absolute Gasteiger partial charge is 0.434 e. The van der Waals surface area contributed by atoms with Crippen molar-refractivity contribution in [2.45, 2.75) is 30.9 Å². The van der Waals surface area contributed by atoms with Gasteiger partial charge in [-0.15, -0.1) is 0 Å². The summed E-state index contributed by atoms with van der Waals surface area (Å²) in [6.07, 6.45) is -4.39. The summed E-state index contributed by atoms with van der Waals surface area (Å²) in [5.74, 6) is -1.80. The number of carbonyl (C=O) groups excluding carboxylic acids is 2. The second kappa shape index (κ2) is 12.9. The van der Waals surface area contributed by atoms with E-state index in [1.165, 1.54) is 6.92 Å². The Hall–Kier alpha value is -2.12. The summed E-state index contributed by atoms with van der Waals surface area (Å²) in [5.41, 5.74) is -1.19. The van der Waals surface area contributed by atoms with Crippen LogP contribution in [0.3, 0.4) is 0 Å². The van der Waals surface area contributed by atoms with Gasteiger partial charge < -0.3 is 14.8 Å². The minimum atomic E-state index is -4.88. The maximum Gasteiger partial charge on any atom is 0.434 e. The minimum absolute atomic E-state index is 0.0925. The highest BCUT2D eigenvalue weighted by Crippen LogP contribution is 2.32. The molecule has 2 heterocycles. The topological polar surface area (TPSA) is 93.6 Å². The largest absolute Gasteiger partial charge is 0.462 e. The van der Waals surface area contributed by atoms with Gasteiger partial charge in [-0.2, -0.15) is 13.2 Å². The summed E-state index contributed by atoms with van der Waals surface area (Å²) < 4.78 is 50.4. The van der Waals surface area contributed by atoms with Gasteiger partial charge in [-0.05, 0) is 24.6 Å². The monoisotopic (exact) mass is 566 g/mol. The molecule has 1 amide bonds. The number of thioether (sulfide) groups is 1. The lowest BCUT2D eigenvalue weighted by Crippen LogP contribution is -2.47. The molecule has 1 atom stereocenters. The highest BCUT2D eigenvalue weighted by atomic mass is 35.5. The van der Waals surface area contributed by atoms with Crippen LogP contribution >= 0.6 is 35.0 Å². The predicted octanol–water partition coefficient (Wildman–Crippen LogP) is 4.09. The molecular formula is C22H23Cl2F3N4O4S. The molecule has 0 bridgehead atoms. The third kappa shape index (κ3) is 8.20. The van der Waals surface area contributed by atoms with Crippen molar-refractivity contribution in [3.8, 4) is 0 Å². The molecule has 1 N–H and O–H groups in total. The Morgan fingerprint density at radius 3 is 2.78 bits per heavy atom. The van der Waals surface area contributed by atoms with Gasteiger partial charge in [0.2, 0.25) is 5.91 Å². The summed E-state index contributed by atoms with van der Waals surface area (Å²) in [4.78, 5) is 33.4. The van der Waals surface area contributed by atoms with Crippen LogP contribution in [-0.2, 0) is 27.0 Å². The molecular weight excluding hydrogens is 544 g/mol. The number of nitrogens with one attached hydrogen (secondary N) is 1. The fraction of sp³-hybridized carbons (Fsp3) is 0.455. The molecule has 1 saturated heterocycles. The molecule has 0 radical (unpaired) electrons. The molecule has 196 valence electrons. The predicted molar refractivity (Wildman–Crippen MR) is 128 cm³/mol. The Morgan fingerprint density at radius 2 is 2.08 bits per heavy atom. The van der Waals surface area contributed by atoms with E-state index in [0.717, 1.165) is 23.5 Å². The van der Waals surface area contributed by atoms with Gasteiger partial charge >= 0.3 is 12.1 Å². The number of hydrogen-bond acceptors (Lipinski definition) is 8. The first-order valence-electron chi connectivity index (χ1n) is 10.9. The van der Waals surface area contributed by atoms with Crippen molar-refractivity contribution in [1.29, 1.82) is 0 Å². The van der Waals surface area contributed by atoms with Crippen LogP contribution in [-0.4, -0.2) is 71.4 Å². The second-order valence-electron chi connectivity index (χ2n) is 7.70. The quantitative estimate of drug-likeness (QED) is 0.275. The normalized spacial score (nSPS) is 16.6. The summed E-state index contributed by atoms with van der Waals surface area (Å²) >= 11 is 12.8. The van der Waals surface area contributed by atoms with Crippen molar-refractivity contribution in [1.82, 2.24) is 20.2 Å². The van der Waals surface area contributed by atoms with E-state index in [4.69, 9.17) is 27.9 Å². The van der Waals surface area contributed by atoms with Crippen molar-refractivity contribution in [2.75, 3.05) is 38.6 Å². The molecule has 0 saturated carbocycles. The number of ether oxygens (including phenoxy) is 2. The van der Waals surface area contributed by atoms with Gasteiger partial charge in [0.15, 0.2) is 10.9 Å². The van der Waals surface area contributed by atoms with Gasteiger partial charge in [0, 0.05) is 32.4 Å². The van der Waals surface area contributed by atoms with E-state index in [9.17, 15) is 22.8 Å². The summed E-state index contributed by atoms with van der Waals surface area (Å²) in [7, 11) is 0. The zero-order valence-corrected chi connectivity index (χ0v) is 21.4. The number of hydrogen-bond donors (Lipinski definition) is 1. The van der Waals surface area contributed by atoms with Crippen molar-refractivity contribution in [2.24, 2.45) is 0 Å². The molecule has 1 unspecified atom stereocenters. The van der Waals surface area contributed by atoms with E-state index in [1.807, 2.05) is 6.07 Å². The molecule has 0 spiro atoms.